The number of anilines is 1. The number of hydrazone groups is 1. The summed E-state index contributed by atoms with van der Waals surface area (Å²) in [5.74, 6) is -1.20. The molecule has 0 bridgehead atoms. The van der Waals surface area contributed by atoms with Crippen LogP contribution in [0.3, 0.4) is 0 Å². The Kier molecular flexibility index (Phi) is 5.23. The zero-order valence-electron chi connectivity index (χ0n) is 13.2. The number of hydrogen-bond acceptors (Lipinski definition) is 3. The summed E-state index contributed by atoms with van der Waals surface area (Å²) < 4.78 is 13.7. The minimum atomic E-state index is -0.457. The molecule has 3 rings (SSSR count). The molecule has 1 fully saturated rings. The van der Waals surface area contributed by atoms with Crippen LogP contribution in [0.4, 0.5) is 10.1 Å². The van der Waals surface area contributed by atoms with Crippen molar-refractivity contribution in [2.75, 3.05) is 11.4 Å². The number of halogens is 2. The molecule has 7 heteroatoms. The molecule has 0 aromatic heterocycles. The molecule has 2 aromatic rings. The maximum atomic E-state index is 12.8. The number of carbonyl (C=O) groups is 2. The van der Waals surface area contributed by atoms with Crippen LogP contribution >= 0.6 is 15.9 Å². The molecule has 1 N–H and O–H groups in total. The topological polar surface area (TPSA) is 61.8 Å². The van der Waals surface area contributed by atoms with E-state index in [1.54, 1.807) is 17.0 Å². The fraction of sp³-hybridized carbons (Fsp3) is 0.167. The Morgan fingerprint density at radius 3 is 2.56 bits per heavy atom. The molecule has 2 aromatic carbocycles. The third kappa shape index (κ3) is 4.30. The number of amides is 2. The van der Waals surface area contributed by atoms with Crippen molar-refractivity contribution in [3.63, 3.8) is 0 Å². The first-order valence-electron chi connectivity index (χ1n) is 7.67. The van der Waals surface area contributed by atoms with Gasteiger partial charge in [0, 0.05) is 23.1 Å². The molecule has 1 saturated heterocycles. The minimum Gasteiger partial charge on any atom is -0.312 e. The summed E-state index contributed by atoms with van der Waals surface area (Å²) in [5.41, 5.74) is 3.87. The smallest absolute Gasteiger partial charge is 0.245 e. The minimum absolute atomic E-state index is 0.0926. The van der Waals surface area contributed by atoms with Crippen molar-refractivity contribution in [3.8, 4) is 0 Å². The average molecular weight is 404 g/mol. The number of benzene rings is 2. The lowest BCUT2D eigenvalue weighted by Gasteiger charge is -2.16. The fourth-order valence-corrected chi connectivity index (χ4v) is 2.83. The van der Waals surface area contributed by atoms with Gasteiger partial charge in [0.2, 0.25) is 11.8 Å². The fourth-order valence-electron chi connectivity index (χ4n) is 2.56. The lowest BCUT2D eigenvalue weighted by Crippen LogP contribution is -2.30. The van der Waals surface area contributed by atoms with E-state index in [-0.39, 0.29) is 24.1 Å². The van der Waals surface area contributed by atoms with Crippen molar-refractivity contribution in [1.82, 2.24) is 5.43 Å². The van der Waals surface area contributed by atoms with Crippen molar-refractivity contribution in [3.05, 3.63) is 64.4 Å². The number of carbonyl (C=O) groups excluding carboxylic acids is 2. The van der Waals surface area contributed by atoms with E-state index in [0.29, 0.717) is 12.1 Å². The second-order valence-electron chi connectivity index (χ2n) is 5.67. The quantitative estimate of drug-likeness (QED) is 0.629. The van der Waals surface area contributed by atoms with Gasteiger partial charge < -0.3 is 4.90 Å². The van der Waals surface area contributed by atoms with Crippen LogP contribution in [0.5, 0.6) is 0 Å². The first-order valence-corrected chi connectivity index (χ1v) is 8.46. The molecule has 1 heterocycles. The third-order valence-corrected chi connectivity index (χ3v) is 4.42. The number of rotatable bonds is 4. The molecular formula is C18H15BrFN3O2. The zero-order valence-corrected chi connectivity index (χ0v) is 14.7. The van der Waals surface area contributed by atoms with Crippen LogP contribution in [0.25, 0.3) is 0 Å². The molecule has 0 aliphatic carbocycles. The predicted octanol–water partition coefficient (Wildman–Crippen LogP) is 3.09. The Labute approximate surface area is 152 Å². The molecule has 25 heavy (non-hydrogen) atoms. The lowest BCUT2D eigenvalue weighted by atomic mass is 10.1. The third-order valence-electron chi connectivity index (χ3n) is 3.89. The van der Waals surface area contributed by atoms with Crippen molar-refractivity contribution in [2.45, 2.75) is 6.42 Å². The van der Waals surface area contributed by atoms with Gasteiger partial charge in [0.05, 0.1) is 12.1 Å². The maximum Gasteiger partial charge on any atom is 0.245 e. The Hall–Kier alpha value is -2.54. The molecule has 1 aliphatic heterocycles. The van der Waals surface area contributed by atoms with E-state index >= 15 is 0 Å². The second kappa shape index (κ2) is 7.57. The zero-order chi connectivity index (χ0) is 17.8. The van der Waals surface area contributed by atoms with Crippen LogP contribution < -0.4 is 10.3 Å². The van der Waals surface area contributed by atoms with Gasteiger partial charge in [0.1, 0.15) is 5.82 Å². The Balaban J connectivity index is 1.59. The van der Waals surface area contributed by atoms with Gasteiger partial charge in [-0.25, -0.2) is 9.82 Å². The highest BCUT2D eigenvalue weighted by molar-refractivity contribution is 9.10. The molecule has 0 spiro atoms. The highest BCUT2D eigenvalue weighted by Gasteiger charge is 2.35. The first kappa shape index (κ1) is 17.3. The summed E-state index contributed by atoms with van der Waals surface area (Å²) in [6.45, 7) is 0.318. The standard InChI is InChI=1S/C18H15BrFN3O2/c19-14-3-7-16(8-4-14)23-11-13(9-17(23)24)18(25)22-21-10-12-1-5-15(20)6-2-12/h1-8,10,13H,9,11H2,(H,22,25)/b21-10-/t13-/m1/s1. The van der Waals surface area contributed by atoms with E-state index in [1.165, 1.54) is 18.3 Å². The monoisotopic (exact) mass is 403 g/mol. The van der Waals surface area contributed by atoms with Gasteiger partial charge in [-0.2, -0.15) is 5.10 Å². The van der Waals surface area contributed by atoms with Crippen LogP contribution in [0, 0.1) is 11.7 Å². The normalized spacial score (nSPS) is 17.3. The van der Waals surface area contributed by atoms with E-state index in [2.05, 4.69) is 26.5 Å². The number of nitrogens with one attached hydrogen (secondary N) is 1. The molecule has 1 atom stereocenters. The van der Waals surface area contributed by atoms with Crippen LogP contribution in [0.2, 0.25) is 0 Å². The van der Waals surface area contributed by atoms with Crippen LogP contribution in [0.1, 0.15) is 12.0 Å². The number of hydrogen-bond donors (Lipinski definition) is 1. The summed E-state index contributed by atoms with van der Waals surface area (Å²) in [6.07, 6.45) is 1.58. The van der Waals surface area contributed by atoms with Gasteiger partial charge >= 0.3 is 0 Å². The van der Waals surface area contributed by atoms with E-state index in [4.69, 9.17) is 0 Å². The van der Waals surface area contributed by atoms with Gasteiger partial charge in [0.25, 0.3) is 0 Å². The summed E-state index contributed by atoms with van der Waals surface area (Å²) in [7, 11) is 0. The molecule has 2 amide bonds. The van der Waals surface area contributed by atoms with Gasteiger partial charge in [-0.05, 0) is 42.0 Å². The summed E-state index contributed by atoms with van der Waals surface area (Å²) in [6, 6.07) is 13.1. The van der Waals surface area contributed by atoms with Gasteiger partial charge in [-0.3, -0.25) is 9.59 Å². The highest BCUT2D eigenvalue weighted by atomic mass is 79.9. The molecule has 0 saturated carbocycles. The van der Waals surface area contributed by atoms with Crippen molar-refractivity contribution in [1.29, 1.82) is 0 Å². The predicted molar refractivity (Wildman–Crippen MR) is 96.7 cm³/mol. The highest BCUT2D eigenvalue weighted by Crippen LogP contribution is 2.26. The van der Waals surface area contributed by atoms with Crippen molar-refractivity contribution >= 4 is 39.6 Å². The van der Waals surface area contributed by atoms with Crippen LogP contribution in [0.15, 0.2) is 58.1 Å². The molecular weight excluding hydrogens is 389 g/mol. The van der Waals surface area contributed by atoms with E-state index in [9.17, 15) is 14.0 Å². The maximum absolute atomic E-state index is 12.8. The van der Waals surface area contributed by atoms with Gasteiger partial charge in [0.15, 0.2) is 0 Å². The number of nitrogens with zero attached hydrogens (tertiary/aromatic N) is 2. The van der Waals surface area contributed by atoms with Crippen LogP contribution in [-0.2, 0) is 9.59 Å². The molecule has 0 radical (unpaired) electrons. The molecule has 1 aliphatic rings. The van der Waals surface area contributed by atoms with E-state index < -0.39 is 5.92 Å². The Bertz CT molecular complexity index is 806. The van der Waals surface area contributed by atoms with E-state index in [0.717, 1.165) is 10.2 Å². The largest absolute Gasteiger partial charge is 0.312 e. The lowest BCUT2D eigenvalue weighted by molar-refractivity contribution is -0.126. The van der Waals surface area contributed by atoms with Gasteiger partial charge in [-0.15, -0.1) is 0 Å². The Morgan fingerprint density at radius 1 is 1.20 bits per heavy atom. The molecule has 5 nitrogen and oxygen atoms in total. The molecule has 0 unspecified atom stereocenters. The SMILES string of the molecule is O=C(N/N=C\c1ccc(F)cc1)[C@@H]1CC(=O)N(c2ccc(Br)cc2)C1. The Morgan fingerprint density at radius 2 is 1.88 bits per heavy atom. The van der Waals surface area contributed by atoms with Gasteiger partial charge in [-0.1, -0.05) is 28.1 Å². The average Bonchev–Trinajstić information content (AvgIpc) is 2.99. The van der Waals surface area contributed by atoms with Crippen molar-refractivity contribution < 1.29 is 14.0 Å². The van der Waals surface area contributed by atoms with Crippen LogP contribution in [-0.4, -0.2) is 24.6 Å². The summed E-state index contributed by atoms with van der Waals surface area (Å²) in [5, 5.41) is 3.87. The second-order valence-corrected chi connectivity index (χ2v) is 6.58. The molecule has 128 valence electrons. The summed E-state index contributed by atoms with van der Waals surface area (Å²) in [4.78, 5) is 26.0. The summed E-state index contributed by atoms with van der Waals surface area (Å²) >= 11 is 3.35. The van der Waals surface area contributed by atoms with E-state index in [1.807, 2.05) is 24.3 Å². The first-order chi connectivity index (χ1) is 12.0. The van der Waals surface area contributed by atoms with Crippen molar-refractivity contribution in [2.24, 2.45) is 11.0 Å².